The molecule has 0 bridgehead atoms. The predicted octanol–water partition coefficient (Wildman–Crippen LogP) is 4.63. The number of carbonyl (C=O) groups is 1. The van der Waals surface area contributed by atoms with Gasteiger partial charge >= 0.3 is 12.3 Å². The number of rotatable bonds is 5. The number of aliphatic hydroxyl groups excluding tert-OH is 1. The molecule has 1 aromatic carbocycles. The fourth-order valence-corrected chi connectivity index (χ4v) is 3.77. The molecular weight excluding hydrogens is 430 g/mol. The monoisotopic (exact) mass is 455 g/mol. The fraction of sp³-hybridized carbons (Fsp3) is 0.500. The van der Waals surface area contributed by atoms with Crippen molar-refractivity contribution in [1.82, 2.24) is 9.97 Å². The number of alkyl halides is 3. The van der Waals surface area contributed by atoms with Crippen LogP contribution >= 0.6 is 0 Å². The first-order valence-electron chi connectivity index (χ1n) is 10.0. The van der Waals surface area contributed by atoms with Gasteiger partial charge in [-0.2, -0.15) is 13.2 Å². The SMILES string of the molecule is Cc1ncc(N(C[C@@]2(c3cccc(F)c3)C[C@H]2CO)C(=O)OC(C)(C)C)c(C(F)(F)F)n1. The quantitative estimate of drug-likeness (QED) is 0.665. The second-order valence-electron chi connectivity index (χ2n) is 8.97. The van der Waals surface area contributed by atoms with Gasteiger partial charge in [-0.15, -0.1) is 0 Å². The van der Waals surface area contributed by atoms with E-state index in [1.54, 1.807) is 26.8 Å². The third-order valence-electron chi connectivity index (χ3n) is 5.36. The first-order chi connectivity index (χ1) is 14.8. The standard InChI is InChI=1S/C22H25F4N3O3/c1-13-27-10-17(18(28-13)22(24,25)26)29(19(31)32-20(2,3)4)12-21(9-15(21)11-30)14-6-5-7-16(23)8-14/h5-8,10,15,30H,9,11-12H2,1-4H3/t15-,21+/m0/s1. The van der Waals surface area contributed by atoms with Crippen molar-refractivity contribution in [3.8, 4) is 0 Å². The van der Waals surface area contributed by atoms with E-state index in [0.717, 1.165) is 11.1 Å². The summed E-state index contributed by atoms with van der Waals surface area (Å²) in [5, 5.41) is 9.77. The second-order valence-corrected chi connectivity index (χ2v) is 8.97. The Morgan fingerprint density at radius 1 is 1.31 bits per heavy atom. The van der Waals surface area contributed by atoms with Gasteiger partial charge in [-0.1, -0.05) is 12.1 Å². The van der Waals surface area contributed by atoms with E-state index in [9.17, 15) is 27.5 Å². The zero-order chi connectivity index (χ0) is 23.9. The number of halogens is 4. The molecular formula is C22H25F4N3O3. The van der Waals surface area contributed by atoms with Crippen LogP contribution in [-0.4, -0.2) is 39.9 Å². The minimum atomic E-state index is -4.85. The summed E-state index contributed by atoms with van der Waals surface area (Å²) < 4.78 is 60.7. The summed E-state index contributed by atoms with van der Waals surface area (Å²) >= 11 is 0. The van der Waals surface area contributed by atoms with Crippen LogP contribution in [0.5, 0.6) is 0 Å². The van der Waals surface area contributed by atoms with Crippen molar-refractivity contribution >= 4 is 11.8 Å². The Kier molecular flexibility index (Phi) is 6.21. The third-order valence-corrected chi connectivity index (χ3v) is 5.36. The number of aromatic nitrogens is 2. The maximum atomic E-state index is 13.9. The lowest BCUT2D eigenvalue weighted by Crippen LogP contribution is -2.43. The number of hydrogen-bond donors (Lipinski definition) is 1. The molecule has 1 aliphatic carbocycles. The molecule has 1 heterocycles. The van der Waals surface area contributed by atoms with E-state index < -0.39 is 40.5 Å². The number of carbonyl (C=O) groups excluding carboxylic acids is 1. The molecule has 2 aromatic rings. The van der Waals surface area contributed by atoms with Crippen LogP contribution < -0.4 is 4.90 Å². The van der Waals surface area contributed by atoms with Crippen LogP contribution in [0, 0.1) is 18.7 Å². The van der Waals surface area contributed by atoms with E-state index in [4.69, 9.17) is 4.74 Å². The van der Waals surface area contributed by atoms with E-state index in [1.165, 1.54) is 25.1 Å². The summed E-state index contributed by atoms with van der Waals surface area (Å²) in [5.41, 5.74) is -3.28. The van der Waals surface area contributed by atoms with E-state index in [1.807, 2.05) is 0 Å². The number of aliphatic hydroxyl groups is 1. The maximum Gasteiger partial charge on any atom is 0.435 e. The molecule has 0 radical (unpaired) electrons. The molecule has 0 unspecified atom stereocenters. The third kappa shape index (κ3) is 5.01. The number of benzene rings is 1. The Labute approximate surface area is 183 Å². The van der Waals surface area contributed by atoms with Crippen molar-refractivity contribution in [2.45, 2.75) is 51.3 Å². The second kappa shape index (κ2) is 8.31. The molecule has 3 rings (SSSR count). The van der Waals surface area contributed by atoms with Crippen molar-refractivity contribution < 1.29 is 32.2 Å². The first kappa shape index (κ1) is 23.9. The molecule has 10 heteroatoms. The summed E-state index contributed by atoms with van der Waals surface area (Å²) in [6, 6.07) is 5.61. The molecule has 1 aliphatic rings. The van der Waals surface area contributed by atoms with Crippen molar-refractivity contribution in [2.24, 2.45) is 5.92 Å². The van der Waals surface area contributed by atoms with Crippen molar-refractivity contribution in [2.75, 3.05) is 18.1 Å². The van der Waals surface area contributed by atoms with Crippen LogP contribution in [0.2, 0.25) is 0 Å². The zero-order valence-electron chi connectivity index (χ0n) is 18.2. The van der Waals surface area contributed by atoms with E-state index in [0.29, 0.717) is 12.0 Å². The van der Waals surface area contributed by atoms with Gasteiger partial charge in [0.15, 0.2) is 5.69 Å². The molecule has 1 N–H and O–H groups in total. The van der Waals surface area contributed by atoms with Crippen LogP contribution in [0.1, 0.15) is 44.3 Å². The van der Waals surface area contributed by atoms with E-state index >= 15 is 0 Å². The molecule has 32 heavy (non-hydrogen) atoms. The Bertz CT molecular complexity index is 1010. The minimum Gasteiger partial charge on any atom is -0.443 e. The summed E-state index contributed by atoms with van der Waals surface area (Å²) in [4.78, 5) is 21.3. The smallest absolute Gasteiger partial charge is 0.435 e. The Hall–Kier alpha value is -2.75. The van der Waals surface area contributed by atoms with Gasteiger partial charge in [-0.25, -0.2) is 19.2 Å². The normalized spacial score (nSPS) is 20.7. The van der Waals surface area contributed by atoms with Gasteiger partial charge in [-0.05, 0) is 57.7 Å². The highest BCUT2D eigenvalue weighted by molar-refractivity contribution is 5.89. The van der Waals surface area contributed by atoms with E-state index in [-0.39, 0.29) is 24.9 Å². The highest BCUT2D eigenvalue weighted by Crippen LogP contribution is 2.55. The Balaban J connectivity index is 2.12. The average Bonchev–Trinajstić information content (AvgIpc) is 3.39. The first-order valence-corrected chi connectivity index (χ1v) is 10.0. The molecule has 0 saturated heterocycles. The lowest BCUT2D eigenvalue weighted by Gasteiger charge is -2.32. The Morgan fingerprint density at radius 3 is 2.53 bits per heavy atom. The van der Waals surface area contributed by atoms with Crippen LogP contribution in [0.25, 0.3) is 0 Å². The largest absolute Gasteiger partial charge is 0.443 e. The van der Waals surface area contributed by atoms with E-state index in [2.05, 4.69) is 9.97 Å². The minimum absolute atomic E-state index is 0.107. The van der Waals surface area contributed by atoms with Gasteiger partial charge in [0.1, 0.15) is 17.2 Å². The van der Waals surface area contributed by atoms with Gasteiger partial charge in [0.05, 0.1) is 11.9 Å². The molecule has 1 amide bonds. The molecule has 6 nitrogen and oxygen atoms in total. The number of nitrogens with zero attached hydrogens (tertiary/aromatic N) is 3. The van der Waals surface area contributed by atoms with Crippen LogP contribution in [0.15, 0.2) is 30.5 Å². The summed E-state index contributed by atoms with van der Waals surface area (Å²) in [5.74, 6) is -0.997. The molecule has 1 saturated carbocycles. The summed E-state index contributed by atoms with van der Waals surface area (Å²) in [6.07, 6.45) is -4.57. The molecule has 2 atom stereocenters. The zero-order valence-corrected chi connectivity index (χ0v) is 18.2. The van der Waals surface area contributed by atoms with Gasteiger partial charge in [0.2, 0.25) is 0 Å². The van der Waals surface area contributed by atoms with Crippen molar-refractivity contribution in [1.29, 1.82) is 0 Å². The van der Waals surface area contributed by atoms with Gasteiger partial charge in [0.25, 0.3) is 0 Å². The average molecular weight is 455 g/mol. The van der Waals surface area contributed by atoms with Crippen molar-refractivity contribution in [3.05, 3.63) is 53.4 Å². The number of amides is 1. The summed E-state index contributed by atoms with van der Waals surface area (Å²) in [7, 11) is 0. The maximum absolute atomic E-state index is 13.9. The van der Waals surface area contributed by atoms with Gasteiger partial charge in [-0.3, -0.25) is 4.90 Å². The van der Waals surface area contributed by atoms with Crippen LogP contribution in [-0.2, 0) is 16.3 Å². The van der Waals surface area contributed by atoms with Gasteiger partial charge < -0.3 is 9.84 Å². The van der Waals surface area contributed by atoms with Crippen molar-refractivity contribution in [3.63, 3.8) is 0 Å². The Morgan fingerprint density at radius 2 is 2.00 bits per heavy atom. The summed E-state index contributed by atoms with van der Waals surface area (Å²) in [6.45, 7) is 5.55. The number of aryl methyl sites for hydroxylation is 1. The predicted molar refractivity (Wildman–Crippen MR) is 109 cm³/mol. The highest BCUT2D eigenvalue weighted by Gasteiger charge is 2.57. The number of ether oxygens (including phenoxy) is 1. The topological polar surface area (TPSA) is 75.5 Å². The number of anilines is 1. The molecule has 1 aromatic heterocycles. The van der Waals surface area contributed by atoms with Crippen LogP contribution in [0.3, 0.4) is 0 Å². The lowest BCUT2D eigenvalue weighted by molar-refractivity contribution is -0.140. The van der Waals surface area contributed by atoms with Gasteiger partial charge in [0, 0.05) is 18.6 Å². The highest BCUT2D eigenvalue weighted by atomic mass is 19.4. The molecule has 174 valence electrons. The van der Waals surface area contributed by atoms with Crippen LogP contribution in [0.4, 0.5) is 28.0 Å². The molecule has 1 fully saturated rings. The lowest BCUT2D eigenvalue weighted by atomic mass is 9.92. The fourth-order valence-electron chi connectivity index (χ4n) is 3.77. The number of hydrogen-bond acceptors (Lipinski definition) is 5. The molecule has 0 aliphatic heterocycles. The molecule has 0 spiro atoms.